The molecule has 13 heteroatoms. The molecule has 0 aromatic heterocycles. The number of aryl methyl sites for hydroxylation is 1. The molecule has 2 nitrogen and oxygen atoms in total. The van der Waals surface area contributed by atoms with Crippen LogP contribution in [0.2, 0.25) is 0 Å². The van der Waals surface area contributed by atoms with Crippen molar-refractivity contribution in [3.05, 3.63) is 113 Å². The van der Waals surface area contributed by atoms with Crippen LogP contribution in [0.5, 0.6) is 0 Å². The van der Waals surface area contributed by atoms with E-state index in [4.69, 9.17) is 0 Å². The van der Waals surface area contributed by atoms with Gasteiger partial charge >= 0.3 is 6.85 Å². The molecule has 4 aliphatic rings. The molecule has 0 bridgehead atoms. The summed E-state index contributed by atoms with van der Waals surface area (Å²) in [6, 6.07) is 35.1. The van der Waals surface area contributed by atoms with E-state index in [1.54, 1.807) is 0 Å². The quantitative estimate of drug-likeness (QED) is 0.178. The Kier molecular flexibility index (Phi) is 11.2. The Balaban J connectivity index is 1.24. The van der Waals surface area contributed by atoms with E-state index in [0.29, 0.717) is 0 Å². The summed E-state index contributed by atoms with van der Waals surface area (Å²) in [5, 5.41) is 0. The van der Waals surface area contributed by atoms with Crippen molar-refractivity contribution >= 4 is 179 Å². The summed E-state index contributed by atoms with van der Waals surface area (Å²) >= 11 is 0. The molecule has 2 aliphatic carbocycles. The van der Waals surface area contributed by atoms with Gasteiger partial charge < -0.3 is 9.71 Å². The highest BCUT2D eigenvalue weighted by atomic mass is 15.2. The minimum absolute atomic E-state index is 0.0382. The molecule has 0 radical (unpaired) electrons. The smallest absolute Gasteiger partial charge is 0.333 e. The van der Waals surface area contributed by atoms with Gasteiger partial charge in [-0.05, 0) is 169 Å². The Morgan fingerprint density at radius 1 is 0.389 bits per heavy atom. The predicted octanol–water partition coefficient (Wildman–Crippen LogP) is -2.68. The van der Waals surface area contributed by atoms with Crippen LogP contribution in [0.15, 0.2) is 84.9 Å². The molecule has 0 saturated heterocycles. The van der Waals surface area contributed by atoms with E-state index in [0.717, 1.165) is 0 Å². The normalized spacial score (nSPS) is 17.4. The second kappa shape index (κ2) is 16.4. The van der Waals surface area contributed by atoms with Crippen molar-refractivity contribution in [1.82, 2.24) is 0 Å². The van der Waals surface area contributed by atoms with Gasteiger partial charge in [0, 0.05) is 34.0 Å². The highest BCUT2D eigenvalue weighted by Crippen LogP contribution is 2.53. The summed E-state index contributed by atoms with van der Waals surface area (Å²) in [6.07, 6.45) is 4.72. The monoisotopic (exact) mass is 927 g/mol. The number of nitrogens with zero attached hydrogens (tertiary/aromatic N) is 2. The third-order valence-electron chi connectivity index (χ3n) is 20.0. The van der Waals surface area contributed by atoms with E-state index >= 15 is 0 Å². The van der Waals surface area contributed by atoms with Crippen LogP contribution in [-0.2, 0) is 21.7 Å². The van der Waals surface area contributed by atoms with Gasteiger partial charge in [-0.3, -0.25) is 0 Å². The van der Waals surface area contributed by atoms with E-state index in [9.17, 15) is 0 Å². The summed E-state index contributed by atoms with van der Waals surface area (Å²) < 4.78 is 0. The van der Waals surface area contributed by atoms with Crippen molar-refractivity contribution in [3.8, 4) is 33.4 Å². The molecule has 72 heavy (non-hydrogen) atoms. The number of hydrogen-bond acceptors (Lipinski definition) is 2. The van der Waals surface area contributed by atoms with Crippen molar-refractivity contribution in [2.45, 2.75) is 110 Å². The van der Waals surface area contributed by atoms with Gasteiger partial charge in [0.2, 0.25) is 0 Å². The topological polar surface area (TPSA) is 6.48 Å². The van der Waals surface area contributed by atoms with Crippen LogP contribution in [0.25, 0.3) is 33.4 Å². The van der Waals surface area contributed by atoms with Gasteiger partial charge in [-0.25, -0.2) is 0 Å². The summed E-state index contributed by atoms with van der Waals surface area (Å²) in [5.41, 5.74) is 38.6. The van der Waals surface area contributed by atoms with Crippen LogP contribution >= 0.6 is 0 Å². The molecule has 0 fully saturated rings. The number of fused-ring (bicyclic) bond motifs is 6. The Labute approximate surface area is 442 Å². The first kappa shape index (κ1) is 49.1. The maximum Gasteiger partial charge on any atom is 0.333 e. The molecule has 0 amide bonds. The van der Waals surface area contributed by atoms with Crippen LogP contribution in [0, 0.1) is 6.92 Å². The van der Waals surface area contributed by atoms with Crippen LogP contribution < -0.4 is 75.3 Å². The second-order valence-corrected chi connectivity index (χ2v) is 25.9. The third kappa shape index (κ3) is 7.11. The molecule has 0 unspecified atom stereocenters. The molecule has 11 rings (SSSR count). The van der Waals surface area contributed by atoms with E-state index in [1.165, 1.54) is 181 Å². The van der Waals surface area contributed by atoms with E-state index in [2.05, 4.69) is 235 Å². The first-order valence-corrected chi connectivity index (χ1v) is 27.2. The summed E-state index contributed by atoms with van der Waals surface area (Å²) in [7, 11) is 23.1. The Hall–Kier alpha value is -5.15. The zero-order chi connectivity index (χ0) is 51.6. The lowest BCUT2D eigenvalue weighted by Crippen LogP contribution is -2.62. The summed E-state index contributed by atoms with van der Waals surface area (Å²) in [5.74, 6) is 0. The molecule has 0 N–H and O–H groups in total. The van der Waals surface area contributed by atoms with Gasteiger partial charge in [0.25, 0.3) is 0 Å². The average Bonchev–Trinajstić information content (AvgIpc) is 3.34. The van der Waals surface area contributed by atoms with Gasteiger partial charge in [-0.15, -0.1) is 32.8 Å². The third-order valence-corrected chi connectivity index (χ3v) is 20.0. The van der Waals surface area contributed by atoms with Gasteiger partial charge in [0.15, 0.2) is 0 Å². The van der Waals surface area contributed by atoms with Gasteiger partial charge in [-0.1, -0.05) is 114 Å². The molecule has 7 aromatic rings. The number of hydrogen-bond donors (Lipinski definition) is 0. The van der Waals surface area contributed by atoms with Crippen molar-refractivity contribution in [2.75, 3.05) is 9.71 Å². The fourth-order valence-electron chi connectivity index (χ4n) is 14.3. The maximum absolute atomic E-state index is 2.74. The zero-order valence-corrected chi connectivity index (χ0v) is 47.4. The second-order valence-electron chi connectivity index (χ2n) is 25.9. The first-order valence-electron chi connectivity index (χ1n) is 27.2. The van der Waals surface area contributed by atoms with Crippen molar-refractivity contribution in [3.63, 3.8) is 0 Å². The standard InChI is InChI=1S/C59H69B11N2/c1-28-22-34-33-24-30(44-47(62)51(66)54(69)52(67)48(44)63)12-17-40(33)72(31-13-10-29(11-14-31)43-45(60)49(64)53(68)50(65)46(43)61)70-39-26-37-38(59(8,9)21-20-58(37,6)7)27-41(39)71(42(23-28)55(34)70)32-15-16-35-36(25-32)57(4,5)19-18-56(35,2)3/h10-17,22-27H,18-21,60-69H2,1-9H3. The lowest BCUT2D eigenvalue weighted by atomic mass is 9.42. The highest BCUT2D eigenvalue weighted by molar-refractivity contribution is 6.93. The molecular weight excluding hydrogens is 856 g/mol. The predicted molar refractivity (Wildman–Crippen MR) is 348 cm³/mol. The summed E-state index contributed by atoms with van der Waals surface area (Å²) in [6.45, 7) is 22.1. The van der Waals surface area contributed by atoms with Gasteiger partial charge in [0.1, 0.15) is 78.5 Å². The molecule has 2 aliphatic heterocycles. The molecule has 2 heterocycles. The van der Waals surface area contributed by atoms with Crippen LogP contribution in [0.4, 0.5) is 28.4 Å². The maximum atomic E-state index is 2.74. The van der Waals surface area contributed by atoms with E-state index in [-0.39, 0.29) is 28.5 Å². The van der Waals surface area contributed by atoms with Crippen LogP contribution in [0.3, 0.4) is 0 Å². The fraction of sp³-hybridized carbons (Fsp3) is 0.288. The highest BCUT2D eigenvalue weighted by Gasteiger charge is 2.48. The fourth-order valence-corrected chi connectivity index (χ4v) is 14.3. The van der Waals surface area contributed by atoms with Crippen molar-refractivity contribution in [2.24, 2.45) is 0 Å². The van der Waals surface area contributed by atoms with Crippen LogP contribution in [-0.4, -0.2) is 85.3 Å². The largest absolute Gasteiger partial charge is 0.376 e. The minimum Gasteiger partial charge on any atom is -0.376 e. The Bertz CT molecular complexity index is 3460. The van der Waals surface area contributed by atoms with E-state index in [1.807, 2.05) is 0 Å². The molecular formula is C59H69B11N2. The first-order chi connectivity index (χ1) is 33.8. The van der Waals surface area contributed by atoms with Gasteiger partial charge in [-0.2, -0.15) is 0 Å². The van der Waals surface area contributed by atoms with E-state index < -0.39 is 0 Å². The molecule has 7 aromatic carbocycles. The number of anilines is 5. The lowest BCUT2D eigenvalue weighted by Gasteiger charge is -2.49. The van der Waals surface area contributed by atoms with Crippen molar-refractivity contribution in [1.29, 1.82) is 0 Å². The Morgan fingerprint density at radius 3 is 1.38 bits per heavy atom. The molecule has 348 valence electrons. The number of benzene rings is 7. The lowest BCUT2D eigenvalue weighted by molar-refractivity contribution is 0.332. The molecule has 0 spiro atoms. The minimum atomic E-state index is -0.0649. The molecule has 0 atom stereocenters. The van der Waals surface area contributed by atoms with Crippen molar-refractivity contribution < 1.29 is 0 Å². The zero-order valence-electron chi connectivity index (χ0n) is 47.4. The Morgan fingerprint density at radius 2 is 0.833 bits per heavy atom. The molecule has 0 saturated carbocycles. The number of rotatable bonds is 4. The average molecular weight is 925 g/mol. The van der Waals surface area contributed by atoms with Gasteiger partial charge in [0.05, 0.1) is 0 Å². The summed E-state index contributed by atoms with van der Waals surface area (Å²) in [4.78, 5) is 5.45. The van der Waals surface area contributed by atoms with Crippen LogP contribution in [0.1, 0.15) is 109 Å². The SMILES string of the molecule is Bc1c(B)c(B)c(-c2ccc(N3B4c5cc6c(cc5N(c5ccc7c(c5)C(C)(C)CCC7(C)C)c5cc(C)cc(c54)-c4cc(-c5c(B)c(B)c(B)c(B)c5B)ccc43)C(C)(C)CCC6(C)C)cc2)c(B)c1B.